The van der Waals surface area contributed by atoms with Gasteiger partial charge in [0.25, 0.3) is 0 Å². The second kappa shape index (κ2) is 4.11. The molecular formula is C10H11BrFNS. The number of thioether (sulfide) groups is 1. The van der Waals surface area contributed by atoms with Crippen molar-refractivity contribution in [2.45, 2.75) is 23.5 Å². The minimum atomic E-state index is -0.202. The van der Waals surface area contributed by atoms with Crippen LogP contribution in [0, 0.1) is 5.82 Å². The molecule has 0 fully saturated rings. The molecule has 4 heteroatoms. The number of hydrogen-bond acceptors (Lipinski definition) is 2. The molecule has 1 aromatic carbocycles. The quantitative estimate of drug-likeness (QED) is 0.771. The Labute approximate surface area is 95.6 Å². The molecule has 0 spiro atoms. The van der Waals surface area contributed by atoms with Gasteiger partial charge in [0.05, 0.1) is 10.2 Å². The lowest BCUT2D eigenvalue weighted by Gasteiger charge is -2.08. The Morgan fingerprint density at radius 1 is 1.57 bits per heavy atom. The molecule has 1 unspecified atom stereocenters. The molecule has 0 aromatic heterocycles. The first-order valence-corrected chi connectivity index (χ1v) is 6.23. The van der Waals surface area contributed by atoms with E-state index in [1.807, 2.05) is 6.07 Å². The number of halogens is 2. The lowest BCUT2D eigenvalue weighted by atomic mass is 10.3. The Morgan fingerprint density at radius 3 is 3.14 bits per heavy atom. The van der Waals surface area contributed by atoms with Gasteiger partial charge in [-0.05, 0) is 34.5 Å². The highest BCUT2D eigenvalue weighted by atomic mass is 79.9. The molecule has 0 amide bonds. The molecule has 76 valence electrons. The van der Waals surface area contributed by atoms with E-state index in [1.165, 1.54) is 0 Å². The van der Waals surface area contributed by atoms with Crippen molar-refractivity contribution in [1.29, 1.82) is 0 Å². The van der Waals surface area contributed by atoms with E-state index < -0.39 is 0 Å². The van der Waals surface area contributed by atoms with Crippen LogP contribution in [0.1, 0.15) is 13.3 Å². The molecule has 0 radical (unpaired) electrons. The molecule has 1 aliphatic heterocycles. The average Bonchev–Trinajstić information content (AvgIpc) is 2.28. The second-order valence-corrected chi connectivity index (χ2v) is 5.74. The van der Waals surface area contributed by atoms with Crippen LogP contribution in [0.2, 0.25) is 0 Å². The predicted octanol–water partition coefficient (Wildman–Crippen LogP) is 3.88. The van der Waals surface area contributed by atoms with Crippen LogP contribution in [0.4, 0.5) is 10.1 Å². The maximum Gasteiger partial charge on any atom is 0.139 e. The highest BCUT2D eigenvalue weighted by Crippen LogP contribution is 2.37. The molecule has 2 rings (SSSR count). The monoisotopic (exact) mass is 275 g/mol. The summed E-state index contributed by atoms with van der Waals surface area (Å²) < 4.78 is 13.8. The molecular weight excluding hydrogens is 265 g/mol. The lowest BCUT2D eigenvalue weighted by molar-refractivity contribution is 0.620. The largest absolute Gasteiger partial charge is 0.384 e. The molecule has 1 N–H and O–H groups in total. The first-order chi connectivity index (χ1) is 6.66. The third kappa shape index (κ3) is 2.06. The van der Waals surface area contributed by atoms with E-state index in [-0.39, 0.29) is 5.82 Å². The molecule has 0 aliphatic carbocycles. The predicted molar refractivity (Wildman–Crippen MR) is 62.5 cm³/mol. The number of benzene rings is 1. The minimum absolute atomic E-state index is 0.202. The normalized spacial score (nSPS) is 20.9. The molecule has 14 heavy (non-hydrogen) atoms. The van der Waals surface area contributed by atoms with Crippen molar-refractivity contribution in [3.8, 4) is 0 Å². The fourth-order valence-corrected chi connectivity index (χ4v) is 3.06. The Bertz CT molecular complexity index is 356. The zero-order valence-electron chi connectivity index (χ0n) is 7.81. The summed E-state index contributed by atoms with van der Waals surface area (Å²) in [7, 11) is 0. The summed E-state index contributed by atoms with van der Waals surface area (Å²) in [5.74, 6) is -0.202. The smallest absolute Gasteiger partial charge is 0.139 e. The zero-order valence-corrected chi connectivity index (χ0v) is 10.2. The van der Waals surface area contributed by atoms with Crippen molar-refractivity contribution < 1.29 is 4.39 Å². The van der Waals surface area contributed by atoms with Gasteiger partial charge in [0.15, 0.2) is 0 Å². The molecule has 1 atom stereocenters. The maximum absolute atomic E-state index is 13.2. The van der Waals surface area contributed by atoms with Gasteiger partial charge in [-0.15, -0.1) is 11.8 Å². The van der Waals surface area contributed by atoms with Gasteiger partial charge >= 0.3 is 0 Å². The van der Waals surface area contributed by atoms with Crippen LogP contribution in [0.25, 0.3) is 0 Å². The summed E-state index contributed by atoms with van der Waals surface area (Å²) in [6.07, 6.45) is 1.11. The fourth-order valence-electron chi connectivity index (χ4n) is 1.45. The summed E-state index contributed by atoms with van der Waals surface area (Å²) in [5, 5.41) is 3.83. The van der Waals surface area contributed by atoms with Crippen LogP contribution in [0.5, 0.6) is 0 Å². The van der Waals surface area contributed by atoms with Gasteiger partial charge in [-0.1, -0.05) is 6.92 Å². The van der Waals surface area contributed by atoms with Crippen molar-refractivity contribution >= 4 is 33.4 Å². The van der Waals surface area contributed by atoms with Crippen LogP contribution in [0.15, 0.2) is 21.5 Å². The molecule has 1 aromatic rings. The minimum Gasteiger partial charge on any atom is -0.384 e. The zero-order chi connectivity index (χ0) is 10.1. The molecule has 0 saturated heterocycles. The molecule has 1 heterocycles. The van der Waals surface area contributed by atoms with Gasteiger partial charge in [-0.2, -0.15) is 0 Å². The van der Waals surface area contributed by atoms with E-state index >= 15 is 0 Å². The highest BCUT2D eigenvalue weighted by Gasteiger charge is 2.15. The Kier molecular flexibility index (Phi) is 3.02. The molecule has 0 bridgehead atoms. The van der Waals surface area contributed by atoms with Crippen molar-refractivity contribution in [2.75, 3.05) is 11.9 Å². The molecule has 0 saturated carbocycles. The Morgan fingerprint density at radius 2 is 2.36 bits per heavy atom. The van der Waals surface area contributed by atoms with E-state index in [0.29, 0.717) is 9.72 Å². The van der Waals surface area contributed by atoms with E-state index in [1.54, 1.807) is 17.8 Å². The van der Waals surface area contributed by atoms with Crippen LogP contribution >= 0.6 is 27.7 Å². The molecule has 1 aliphatic rings. The van der Waals surface area contributed by atoms with E-state index in [2.05, 4.69) is 28.2 Å². The first-order valence-electron chi connectivity index (χ1n) is 4.56. The van der Waals surface area contributed by atoms with Crippen molar-refractivity contribution in [2.24, 2.45) is 0 Å². The van der Waals surface area contributed by atoms with Gasteiger partial charge in [0, 0.05) is 16.7 Å². The fraction of sp³-hybridized carbons (Fsp3) is 0.400. The van der Waals surface area contributed by atoms with E-state index in [4.69, 9.17) is 0 Å². The second-order valence-electron chi connectivity index (χ2n) is 3.41. The van der Waals surface area contributed by atoms with Crippen LogP contribution in [-0.4, -0.2) is 11.8 Å². The Hall–Kier alpha value is -0.220. The number of rotatable bonds is 0. The SMILES string of the molecule is CC1CCNc2cc(F)c(Br)cc2S1. The van der Waals surface area contributed by atoms with Gasteiger partial charge in [-0.25, -0.2) is 4.39 Å². The lowest BCUT2D eigenvalue weighted by Crippen LogP contribution is -2.03. The van der Waals surface area contributed by atoms with Crippen LogP contribution in [-0.2, 0) is 0 Å². The molecule has 1 nitrogen and oxygen atoms in total. The maximum atomic E-state index is 13.2. The standard InChI is InChI=1S/C10H11BrFNS/c1-6-2-3-13-9-5-8(12)7(11)4-10(9)14-6/h4-6,13H,2-3H2,1H3. The van der Waals surface area contributed by atoms with Crippen LogP contribution < -0.4 is 5.32 Å². The number of hydrogen-bond donors (Lipinski definition) is 1. The topological polar surface area (TPSA) is 12.0 Å². The van der Waals surface area contributed by atoms with Crippen molar-refractivity contribution in [1.82, 2.24) is 0 Å². The highest BCUT2D eigenvalue weighted by molar-refractivity contribution is 9.10. The van der Waals surface area contributed by atoms with Crippen molar-refractivity contribution in [3.05, 3.63) is 22.4 Å². The van der Waals surface area contributed by atoms with Crippen molar-refractivity contribution in [3.63, 3.8) is 0 Å². The third-order valence-electron chi connectivity index (χ3n) is 2.22. The van der Waals surface area contributed by atoms with Crippen LogP contribution in [0.3, 0.4) is 0 Å². The number of nitrogens with one attached hydrogen (secondary N) is 1. The summed E-state index contributed by atoms with van der Waals surface area (Å²) >= 11 is 5.00. The van der Waals surface area contributed by atoms with E-state index in [9.17, 15) is 4.39 Å². The summed E-state index contributed by atoms with van der Waals surface area (Å²) in [4.78, 5) is 1.13. The number of anilines is 1. The average molecular weight is 276 g/mol. The Balaban J connectivity index is 2.41. The van der Waals surface area contributed by atoms with Gasteiger partial charge in [0.1, 0.15) is 5.82 Å². The summed E-state index contributed by atoms with van der Waals surface area (Å²) in [6.45, 7) is 3.11. The van der Waals surface area contributed by atoms with Gasteiger partial charge < -0.3 is 5.32 Å². The summed E-state index contributed by atoms with van der Waals surface area (Å²) in [5.41, 5.74) is 0.917. The van der Waals surface area contributed by atoms with Gasteiger partial charge in [-0.3, -0.25) is 0 Å². The number of fused-ring (bicyclic) bond motifs is 1. The summed E-state index contributed by atoms with van der Waals surface area (Å²) in [6, 6.07) is 3.41. The van der Waals surface area contributed by atoms with E-state index in [0.717, 1.165) is 23.5 Å². The first kappa shape index (κ1) is 10.3. The van der Waals surface area contributed by atoms with Gasteiger partial charge in [0.2, 0.25) is 0 Å². The third-order valence-corrected chi connectivity index (χ3v) is 4.05.